The maximum absolute atomic E-state index is 13.1. The minimum Gasteiger partial charge on any atom is -0.383 e. The maximum Gasteiger partial charge on any atom is 0.159 e. The lowest BCUT2D eigenvalue weighted by Gasteiger charge is -2.27. The number of hydrogen-bond donors (Lipinski definition) is 1. The van der Waals surface area contributed by atoms with E-state index in [0.29, 0.717) is 18.7 Å². The van der Waals surface area contributed by atoms with Gasteiger partial charge in [0.2, 0.25) is 0 Å². The van der Waals surface area contributed by atoms with Gasteiger partial charge in [0.15, 0.2) is 11.6 Å². The first-order valence-electron chi connectivity index (χ1n) is 5.17. The van der Waals surface area contributed by atoms with Crippen molar-refractivity contribution in [3.8, 4) is 0 Å². The summed E-state index contributed by atoms with van der Waals surface area (Å²) in [6, 6.07) is 3.94. The average molecular weight is 229 g/mol. The number of ether oxygens (including phenoxy) is 1. The summed E-state index contributed by atoms with van der Waals surface area (Å²) < 4.78 is 30.8. The number of hydrogen-bond acceptors (Lipinski definition) is 2. The van der Waals surface area contributed by atoms with Crippen LogP contribution in [0.1, 0.15) is 19.4 Å². The first kappa shape index (κ1) is 13.1. The third kappa shape index (κ3) is 3.25. The van der Waals surface area contributed by atoms with Crippen molar-refractivity contribution >= 4 is 0 Å². The molecule has 16 heavy (non-hydrogen) atoms. The normalized spacial score (nSPS) is 11.8. The van der Waals surface area contributed by atoms with E-state index in [9.17, 15) is 8.78 Å². The van der Waals surface area contributed by atoms with E-state index in [0.717, 1.165) is 6.07 Å². The van der Waals surface area contributed by atoms with Crippen LogP contribution in [-0.4, -0.2) is 20.3 Å². The minimum absolute atomic E-state index is 0.410. The second-order valence-corrected chi connectivity index (χ2v) is 4.17. The molecule has 0 fully saturated rings. The summed E-state index contributed by atoms with van der Waals surface area (Å²) in [5.41, 5.74) is 0.301. The molecule has 1 aromatic rings. The third-order valence-electron chi connectivity index (χ3n) is 2.51. The van der Waals surface area contributed by atoms with E-state index in [1.54, 1.807) is 13.2 Å². The highest BCUT2D eigenvalue weighted by Crippen LogP contribution is 2.21. The first-order chi connectivity index (χ1) is 7.47. The van der Waals surface area contributed by atoms with Gasteiger partial charge in [0.1, 0.15) is 0 Å². The fourth-order valence-corrected chi connectivity index (χ4v) is 1.45. The van der Waals surface area contributed by atoms with Crippen molar-refractivity contribution in [2.24, 2.45) is 0 Å². The van der Waals surface area contributed by atoms with Gasteiger partial charge >= 0.3 is 0 Å². The molecule has 0 heterocycles. The summed E-state index contributed by atoms with van der Waals surface area (Å²) in [5.74, 6) is -1.64. The van der Waals surface area contributed by atoms with E-state index in [1.807, 2.05) is 13.8 Å². The maximum atomic E-state index is 13.1. The summed E-state index contributed by atoms with van der Waals surface area (Å²) in [7, 11) is 1.62. The molecule has 0 aliphatic carbocycles. The van der Waals surface area contributed by atoms with E-state index >= 15 is 0 Å². The van der Waals surface area contributed by atoms with Crippen LogP contribution in [-0.2, 0) is 10.3 Å². The summed E-state index contributed by atoms with van der Waals surface area (Å²) in [4.78, 5) is 0. The monoisotopic (exact) mass is 229 g/mol. The predicted octanol–water partition coefficient (Wildman–Crippen LogP) is 2.44. The van der Waals surface area contributed by atoms with Crippen LogP contribution in [0.2, 0.25) is 0 Å². The molecule has 0 unspecified atom stereocenters. The smallest absolute Gasteiger partial charge is 0.159 e. The van der Waals surface area contributed by atoms with Crippen LogP contribution in [0.4, 0.5) is 8.78 Å². The Bertz CT molecular complexity index is 353. The molecule has 1 aromatic carbocycles. The van der Waals surface area contributed by atoms with Crippen molar-refractivity contribution < 1.29 is 13.5 Å². The Morgan fingerprint density at radius 1 is 1.25 bits per heavy atom. The minimum atomic E-state index is -0.823. The van der Waals surface area contributed by atoms with Crippen LogP contribution in [0, 0.1) is 11.6 Å². The van der Waals surface area contributed by atoms with Crippen LogP contribution in [0.15, 0.2) is 18.2 Å². The van der Waals surface area contributed by atoms with Gasteiger partial charge in [0.25, 0.3) is 0 Å². The van der Waals surface area contributed by atoms with Crippen LogP contribution in [0.3, 0.4) is 0 Å². The van der Waals surface area contributed by atoms with Crippen molar-refractivity contribution in [1.82, 2.24) is 5.32 Å². The molecule has 0 atom stereocenters. The van der Waals surface area contributed by atoms with Crippen molar-refractivity contribution in [2.45, 2.75) is 19.4 Å². The second kappa shape index (κ2) is 5.37. The van der Waals surface area contributed by atoms with Gasteiger partial charge in [-0.25, -0.2) is 8.78 Å². The molecule has 0 saturated heterocycles. The quantitative estimate of drug-likeness (QED) is 0.783. The summed E-state index contributed by atoms with van der Waals surface area (Å²) >= 11 is 0. The van der Waals surface area contributed by atoms with Gasteiger partial charge in [-0.3, -0.25) is 0 Å². The lowest BCUT2D eigenvalue weighted by atomic mass is 9.94. The van der Waals surface area contributed by atoms with Crippen molar-refractivity contribution in [2.75, 3.05) is 20.3 Å². The molecule has 0 saturated carbocycles. The van der Waals surface area contributed by atoms with E-state index in [-0.39, 0.29) is 0 Å². The molecule has 0 aromatic heterocycles. The van der Waals surface area contributed by atoms with Crippen LogP contribution >= 0.6 is 0 Å². The number of nitrogens with one attached hydrogen (secondary N) is 1. The molecular formula is C12H17F2NO. The number of methoxy groups -OCH3 is 1. The molecule has 1 rings (SSSR count). The fraction of sp³-hybridized carbons (Fsp3) is 0.500. The fourth-order valence-electron chi connectivity index (χ4n) is 1.45. The standard InChI is InChI=1S/C12H17F2NO/c1-12(2,15-6-7-16-3)9-4-5-10(13)11(14)8-9/h4-5,8,15H,6-7H2,1-3H3. The highest BCUT2D eigenvalue weighted by atomic mass is 19.2. The van der Waals surface area contributed by atoms with Gasteiger partial charge < -0.3 is 10.1 Å². The zero-order chi connectivity index (χ0) is 12.2. The van der Waals surface area contributed by atoms with E-state index < -0.39 is 17.2 Å². The molecule has 0 radical (unpaired) electrons. The van der Waals surface area contributed by atoms with Gasteiger partial charge in [0, 0.05) is 19.2 Å². The summed E-state index contributed by atoms with van der Waals surface area (Å²) in [5, 5.41) is 3.21. The number of rotatable bonds is 5. The molecule has 0 aliphatic heterocycles. The summed E-state index contributed by atoms with van der Waals surface area (Å²) in [6.45, 7) is 5.06. The highest BCUT2D eigenvalue weighted by molar-refractivity contribution is 5.24. The van der Waals surface area contributed by atoms with Gasteiger partial charge in [-0.05, 0) is 31.5 Å². The van der Waals surface area contributed by atoms with Gasteiger partial charge in [-0.2, -0.15) is 0 Å². The Morgan fingerprint density at radius 2 is 1.94 bits per heavy atom. The SMILES string of the molecule is COCCNC(C)(C)c1ccc(F)c(F)c1. The van der Waals surface area contributed by atoms with Crippen LogP contribution in [0.25, 0.3) is 0 Å². The van der Waals surface area contributed by atoms with Gasteiger partial charge in [0.05, 0.1) is 6.61 Å². The predicted molar refractivity (Wildman–Crippen MR) is 59.3 cm³/mol. The molecule has 0 bridgehead atoms. The molecular weight excluding hydrogens is 212 g/mol. The molecule has 0 aliphatic rings. The van der Waals surface area contributed by atoms with E-state index in [4.69, 9.17) is 4.74 Å². The highest BCUT2D eigenvalue weighted by Gasteiger charge is 2.20. The molecule has 0 spiro atoms. The Morgan fingerprint density at radius 3 is 2.50 bits per heavy atom. The Hall–Kier alpha value is -1.00. The number of benzene rings is 1. The zero-order valence-electron chi connectivity index (χ0n) is 9.81. The molecule has 1 N–H and O–H groups in total. The average Bonchev–Trinajstić information content (AvgIpc) is 2.22. The van der Waals surface area contributed by atoms with E-state index in [1.165, 1.54) is 6.07 Å². The third-order valence-corrected chi connectivity index (χ3v) is 2.51. The number of halogens is 2. The second-order valence-electron chi connectivity index (χ2n) is 4.17. The van der Waals surface area contributed by atoms with Crippen molar-refractivity contribution in [3.05, 3.63) is 35.4 Å². The summed E-state index contributed by atoms with van der Waals surface area (Å²) in [6.07, 6.45) is 0. The molecule has 90 valence electrons. The lowest BCUT2D eigenvalue weighted by Crippen LogP contribution is -2.38. The van der Waals surface area contributed by atoms with Crippen LogP contribution < -0.4 is 5.32 Å². The lowest BCUT2D eigenvalue weighted by molar-refractivity contribution is 0.188. The zero-order valence-corrected chi connectivity index (χ0v) is 9.81. The Labute approximate surface area is 94.6 Å². The van der Waals surface area contributed by atoms with Crippen molar-refractivity contribution in [1.29, 1.82) is 0 Å². The first-order valence-corrected chi connectivity index (χ1v) is 5.17. The topological polar surface area (TPSA) is 21.3 Å². The largest absolute Gasteiger partial charge is 0.383 e. The molecule has 0 amide bonds. The Balaban J connectivity index is 2.76. The van der Waals surface area contributed by atoms with Crippen LogP contribution in [0.5, 0.6) is 0 Å². The Kier molecular flexibility index (Phi) is 4.38. The van der Waals surface area contributed by atoms with Crippen molar-refractivity contribution in [3.63, 3.8) is 0 Å². The van der Waals surface area contributed by atoms with Gasteiger partial charge in [-0.1, -0.05) is 6.07 Å². The molecule has 2 nitrogen and oxygen atoms in total. The van der Waals surface area contributed by atoms with Gasteiger partial charge in [-0.15, -0.1) is 0 Å². The van der Waals surface area contributed by atoms with E-state index in [2.05, 4.69) is 5.32 Å². The molecule has 4 heteroatoms.